The number of nitrogens with one attached hydrogen (secondary N) is 1. The van der Waals surface area contributed by atoms with Gasteiger partial charge in [0.15, 0.2) is 0 Å². The molecule has 0 heterocycles. The van der Waals surface area contributed by atoms with Crippen LogP contribution in [0.2, 0.25) is 0 Å². The van der Waals surface area contributed by atoms with Gasteiger partial charge in [0.2, 0.25) is 0 Å². The van der Waals surface area contributed by atoms with Gasteiger partial charge in [0, 0.05) is 11.6 Å². The van der Waals surface area contributed by atoms with E-state index in [1.807, 2.05) is 0 Å². The molecule has 1 aromatic rings. The van der Waals surface area contributed by atoms with E-state index in [1.54, 1.807) is 24.3 Å². The Morgan fingerprint density at radius 2 is 1.90 bits per heavy atom. The topological polar surface area (TPSA) is 52.9 Å². The first-order valence-corrected chi connectivity index (χ1v) is 7.54. The second kappa shape index (κ2) is 7.09. The molecule has 0 spiro atoms. The quantitative estimate of drug-likeness (QED) is 0.908. The van der Waals surface area contributed by atoms with Crippen molar-refractivity contribution in [1.82, 2.24) is 5.32 Å². The lowest BCUT2D eigenvalue weighted by Crippen LogP contribution is -2.37. The lowest BCUT2D eigenvalue weighted by atomic mass is 9.83. The average Bonchev–Trinajstić information content (AvgIpc) is 2.49. The maximum Gasteiger partial charge on any atom is 0.251 e. The molecule has 0 bridgehead atoms. The standard InChI is InChI=1S/C17H22N2O/c1-2-3-13-6-10-16(11-7-13)19-17(20)15-8-4-14(12-18)5-9-15/h4-5,8-9,13,16H,2-3,6-7,10-11H2,1H3,(H,19,20). The van der Waals surface area contributed by atoms with Crippen LogP contribution in [0.1, 0.15) is 61.4 Å². The van der Waals surface area contributed by atoms with Crippen LogP contribution in [0.15, 0.2) is 24.3 Å². The van der Waals surface area contributed by atoms with Crippen LogP contribution in [-0.4, -0.2) is 11.9 Å². The highest BCUT2D eigenvalue weighted by Crippen LogP contribution is 2.27. The summed E-state index contributed by atoms with van der Waals surface area (Å²) < 4.78 is 0. The van der Waals surface area contributed by atoms with E-state index in [1.165, 1.54) is 25.7 Å². The minimum atomic E-state index is -0.0200. The minimum absolute atomic E-state index is 0.0200. The predicted octanol–water partition coefficient (Wildman–Crippen LogP) is 3.65. The van der Waals surface area contributed by atoms with Crippen molar-refractivity contribution in [2.24, 2.45) is 5.92 Å². The number of carbonyl (C=O) groups is 1. The minimum Gasteiger partial charge on any atom is -0.349 e. The molecule has 1 N–H and O–H groups in total. The van der Waals surface area contributed by atoms with Gasteiger partial charge in [-0.2, -0.15) is 5.26 Å². The van der Waals surface area contributed by atoms with E-state index in [-0.39, 0.29) is 5.91 Å². The van der Waals surface area contributed by atoms with Gasteiger partial charge in [-0.25, -0.2) is 0 Å². The van der Waals surface area contributed by atoms with Gasteiger partial charge < -0.3 is 5.32 Å². The first-order valence-electron chi connectivity index (χ1n) is 7.54. The van der Waals surface area contributed by atoms with Gasteiger partial charge in [0.25, 0.3) is 5.91 Å². The Kier molecular flexibility index (Phi) is 5.17. The smallest absolute Gasteiger partial charge is 0.251 e. The molecular formula is C17H22N2O. The number of nitriles is 1. The third-order valence-electron chi connectivity index (χ3n) is 4.16. The molecule has 0 aliphatic heterocycles. The van der Waals surface area contributed by atoms with E-state index in [0.717, 1.165) is 18.8 Å². The Hall–Kier alpha value is -1.82. The first kappa shape index (κ1) is 14.6. The molecule has 1 aliphatic carbocycles. The summed E-state index contributed by atoms with van der Waals surface area (Å²) in [6.45, 7) is 2.23. The molecule has 3 heteroatoms. The molecule has 1 fully saturated rings. The van der Waals surface area contributed by atoms with Gasteiger partial charge in [-0.3, -0.25) is 4.79 Å². The Morgan fingerprint density at radius 1 is 1.25 bits per heavy atom. The van der Waals surface area contributed by atoms with Crippen LogP contribution in [0.3, 0.4) is 0 Å². The van der Waals surface area contributed by atoms with E-state index in [0.29, 0.717) is 17.2 Å². The molecule has 1 aliphatic rings. The lowest BCUT2D eigenvalue weighted by molar-refractivity contribution is 0.0921. The third kappa shape index (κ3) is 3.84. The summed E-state index contributed by atoms with van der Waals surface area (Å²) in [5.41, 5.74) is 1.22. The molecule has 0 saturated heterocycles. The largest absolute Gasteiger partial charge is 0.349 e. The fourth-order valence-electron chi connectivity index (χ4n) is 2.97. The fourth-order valence-corrected chi connectivity index (χ4v) is 2.97. The second-order valence-electron chi connectivity index (χ2n) is 5.67. The van der Waals surface area contributed by atoms with Gasteiger partial charge in [-0.15, -0.1) is 0 Å². The van der Waals surface area contributed by atoms with Gasteiger partial charge in [0.1, 0.15) is 0 Å². The molecule has 20 heavy (non-hydrogen) atoms. The lowest BCUT2D eigenvalue weighted by Gasteiger charge is -2.29. The van der Waals surface area contributed by atoms with Crippen molar-refractivity contribution in [1.29, 1.82) is 5.26 Å². The van der Waals surface area contributed by atoms with Crippen LogP contribution in [-0.2, 0) is 0 Å². The predicted molar refractivity (Wildman–Crippen MR) is 79.3 cm³/mol. The number of hydrogen-bond acceptors (Lipinski definition) is 2. The number of carbonyl (C=O) groups excluding carboxylic acids is 1. The summed E-state index contributed by atoms with van der Waals surface area (Å²) in [7, 11) is 0. The van der Waals surface area contributed by atoms with Crippen LogP contribution >= 0.6 is 0 Å². The van der Waals surface area contributed by atoms with Crippen molar-refractivity contribution in [2.45, 2.75) is 51.5 Å². The molecule has 3 nitrogen and oxygen atoms in total. The molecule has 0 aromatic heterocycles. The molecule has 1 saturated carbocycles. The zero-order valence-electron chi connectivity index (χ0n) is 12.1. The van der Waals surface area contributed by atoms with Crippen LogP contribution in [0.4, 0.5) is 0 Å². The highest BCUT2D eigenvalue weighted by atomic mass is 16.1. The molecule has 1 amide bonds. The van der Waals surface area contributed by atoms with Gasteiger partial charge in [0.05, 0.1) is 11.6 Å². The molecule has 0 atom stereocenters. The van der Waals surface area contributed by atoms with Crippen molar-refractivity contribution >= 4 is 5.91 Å². The number of amides is 1. The Balaban J connectivity index is 1.84. The number of benzene rings is 1. The van der Waals surface area contributed by atoms with Crippen molar-refractivity contribution in [3.05, 3.63) is 35.4 Å². The highest BCUT2D eigenvalue weighted by molar-refractivity contribution is 5.94. The summed E-state index contributed by atoms with van der Waals surface area (Å²) >= 11 is 0. The maximum atomic E-state index is 12.1. The van der Waals surface area contributed by atoms with Gasteiger partial charge in [-0.1, -0.05) is 19.8 Å². The van der Waals surface area contributed by atoms with Crippen LogP contribution in [0, 0.1) is 17.2 Å². The zero-order valence-corrected chi connectivity index (χ0v) is 12.1. The molecular weight excluding hydrogens is 248 g/mol. The maximum absolute atomic E-state index is 12.1. The highest BCUT2D eigenvalue weighted by Gasteiger charge is 2.22. The molecule has 2 rings (SSSR count). The Labute approximate surface area is 121 Å². The number of hydrogen-bond donors (Lipinski definition) is 1. The molecule has 0 radical (unpaired) electrons. The van der Waals surface area contributed by atoms with E-state index < -0.39 is 0 Å². The molecule has 106 valence electrons. The van der Waals surface area contributed by atoms with Crippen molar-refractivity contribution < 1.29 is 4.79 Å². The Bertz CT molecular complexity index is 479. The summed E-state index contributed by atoms with van der Waals surface area (Å²) in [4.78, 5) is 12.1. The van der Waals surface area contributed by atoms with E-state index >= 15 is 0 Å². The van der Waals surface area contributed by atoms with Crippen LogP contribution < -0.4 is 5.32 Å². The van der Waals surface area contributed by atoms with Gasteiger partial charge in [-0.05, 0) is 55.9 Å². The van der Waals surface area contributed by atoms with Gasteiger partial charge >= 0.3 is 0 Å². The zero-order chi connectivity index (χ0) is 14.4. The SMILES string of the molecule is CCCC1CCC(NC(=O)c2ccc(C#N)cc2)CC1. The van der Waals surface area contributed by atoms with Crippen LogP contribution in [0.5, 0.6) is 0 Å². The second-order valence-corrected chi connectivity index (χ2v) is 5.67. The summed E-state index contributed by atoms with van der Waals surface area (Å²) in [6, 6.07) is 9.18. The summed E-state index contributed by atoms with van der Waals surface area (Å²) in [6.07, 6.45) is 7.21. The normalized spacial score (nSPS) is 22.0. The van der Waals surface area contributed by atoms with E-state index in [4.69, 9.17) is 5.26 Å². The van der Waals surface area contributed by atoms with Crippen LogP contribution in [0.25, 0.3) is 0 Å². The number of rotatable bonds is 4. The first-order chi connectivity index (χ1) is 9.72. The monoisotopic (exact) mass is 270 g/mol. The fraction of sp³-hybridized carbons (Fsp3) is 0.529. The molecule has 1 aromatic carbocycles. The van der Waals surface area contributed by atoms with Crippen molar-refractivity contribution in [3.63, 3.8) is 0 Å². The third-order valence-corrected chi connectivity index (χ3v) is 4.16. The summed E-state index contributed by atoms with van der Waals surface area (Å²) in [5.74, 6) is 0.830. The summed E-state index contributed by atoms with van der Waals surface area (Å²) in [5, 5.41) is 11.9. The van der Waals surface area contributed by atoms with E-state index in [2.05, 4.69) is 18.3 Å². The van der Waals surface area contributed by atoms with Crippen molar-refractivity contribution in [2.75, 3.05) is 0 Å². The van der Waals surface area contributed by atoms with Crippen molar-refractivity contribution in [3.8, 4) is 6.07 Å². The average molecular weight is 270 g/mol. The Morgan fingerprint density at radius 3 is 2.45 bits per heavy atom. The number of nitrogens with zero attached hydrogens (tertiary/aromatic N) is 1. The van der Waals surface area contributed by atoms with E-state index in [9.17, 15) is 4.79 Å². The molecule has 0 unspecified atom stereocenters.